The fraction of sp³-hybridized carbons (Fsp3) is 0.300. The Balaban J connectivity index is 1.68. The quantitative estimate of drug-likeness (QED) is 0.499. The van der Waals surface area contributed by atoms with Crippen molar-refractivity contribution < 1.29 is 14.2 Å². The molecule has 1 heterocycles. The molecule has 0 aliphatic rings. The van der Waals surface area contributed by atoms with E-state index in [1.54, 1.807) is 12.1 Å². The number of hydrogen-bond donors (Lipinski definition) is 1. The topological polar surface area (TPSA) is 89.7 Å². The third-order valence-electron chi connectivity index (χ3n) is 4.81. The van der Waals surface area contributed by atoms with Crippen LogP contribution in [0.2, 0.25) is 0 Å². The summed E-state index contributed by atoms with van der Waals surface area (Å²) in [5.74, 6) is 0.899. The molecule has 3 aromatic rings. The van der Waals surface area contributed by atoms with E-state index in [0.717, 1.165) is 6.54 Å². The number of hydrogen-bond acceptors (Lipinski definition) is 6. The van der Waals surface area contributed by atoms with Gasteiger partial charge >= 0.3 is 0 Å². The van der Waals surface area contributed by atoms with E-state index in [1.807, 2.05) is 21.0 Å². The SMILES string of the molecule is C[C@@H](c1nnc(-c2ccc([N+](=O)[O-])cc2)o1)[NH+](C)Cc1ccc(N(C)C)cc1. The number of nitro groups is 1. The summed E-state index contributed by atoms with van der Waals surface area (Å²) in [5.41, 5.74) is 3.08. The van der Waals surface area contributed by atoms with Crippen LogP contribution in [0.3, 0.4) is 0 Å². The molecule has 0 fully saturated rings. The van der Waals surface area contributed by atoms with Crippen molar-refractivity contribution in [1.82, 2.24) is 10.2 Å². The zero-order valence-electron chi connectivity index (χ0n) is 16.4. The van der Waals surface area contributed by atoms with Crippen LogP contribution in [0, 0.1) is 10.1 Å². The molecule has 146 valence electrons. The number of nitro benzene ring substituents is 1. The highest BCUT2D eigenvalue weighted by atomic mass is 16.6. The molecule has 0 saturated carbocycles. The van der Waals surface area contributed by atoms with Crippen molar-refractivity contribution in [1.29, 1.82) is 0 Å². The Morgan fingerprint density at radius 2 is 1.75 bits per heavy atom. The minimum absolute atomic E-state index is 0.00724. The lowest BCUT2D eigenvalue weighted by Crippen LogP contribution is -3.07. The minimum atomic E-state index is -0.436. The molecule has 0 bridgehead atoms. The van der Waals surface area contributed by atoms with Gasteiger partial charge in [-0.3, -0.25) is 10.1 Å². The molecule has 0 saturated heterocycles. The fourth-order valence-electron chi connectivity index (χ4n) is 2.85. The van der Waals surface area contributed by atoms with E-state index in [0.29, 0.717) is 17.3 Å². The molecule has 3 rings (SSSR count). The normalized spacial score (nSPS) is 13.1. The van der Waals surface area contributed by atoms with Gasteiger partial charge in [-0.25, -0.2) is 0 Å². The van der Waals surface area contributed by atoms with E-state index >= 15 is 0 Å². The molecule has 8 nitrogen and oxygen atoms in total. The lowest BCUT2D eigenvalue weighted by molar-refractivity contribution is -0.925. The highest BCUT2D eigenvalue weighted by molar-refractivity contribution is 5.55. The first kappa shape index (κ1) is 19.5. The van der Waals surface area contributed by atoms with Gasteiger partial charge in [0.1, 0.15) is 6.54 Å². The van der Waals surface area contributed by atoms with Crippen molar-refractivity contribution in [2.75, 3.05) is 26.0 Å². The van der Waals surface area contributed by atoms with Gasteiger partial charge in [-0.2, -0.15) is 0 Å². The van der Waals surface area contributed by atoms with Crippen LogP contribution in [-0.4, -0.2) is 36.3 Å². The van der Waals surface area contributed by atoms with Gasteiger partial charge in [0.15, 0.2) is 6.04 Å². The Bertz CT molecular complexity index is 935. The summed E-state index contributed by atoms with van der Waals surface area (Å²) in [6.45, 7) is 2.86. The van der Waals surface area contributed by atoms with Gasteiger partial charge in [0.05, 0.1) is 12.0 Å². The predicted octanol–water partition coefficient (Wildman–Crippen LogP) is 2.49. The zero-order chi connectivity index (χ0) is 20.3. The van der Waals surface area contributed by atoms with Gasteiger partial charge in [-0.05, 0) is 31.2 Å². The summed E-state index contributed by atoms with van der Waals surface area (Å²) in [6, 6.07) is 14.6. The van der Waals surface area contributed by atoms with E-state index in [2.05, 4.69) is 46.4 Å². The molecule has 8 heteroatoms. The van der Waals surface area contributed by atoms with E-state index in [4.69, 9.17) is 4.42 Å². The van der Waals surface area contributed by atoms with E-state index in [-0.39, 0.29) is 11.7 Å². The Kier molecular flexibility index (Phi) is 5.70. The summed E-state index contributed by atoms with van der Waals surface area (Å²) in [5, 5.41) is 19.0. The smallest absolute Gasteiger partial charge is 0.274 e. The van der Waals surface area contributed by atoms with Crippen molar-refractivity contribution in [3.05, 3.63) is 70.1 Å². The largest absolute Gasteiger partial charge is 0.415 e. The van der Waals surface area contributed by atoms with Crippen LogP contribution >= 0.6 is 0 Å². The maximum atomic E-state index is 10.8. The van der Waals surface area contributed by atoms with Gasteiger partial charge in [-0.1, -0.05) is 12.1 Å². The second-order valence-corrected chi connectivity index (χ2v) is 7.06. The first-order chi connectivity index (χ1) is 13.3. The molecule has 0 radical (unpaired) electrons. The van der Waals surface area contributed by atoms with Gasteiger partial charge < -0.3 is 14.2 Å². The highest BCUT2D eigenvalue weighted by Crippen LogP contribution is 2.22. The third kappa shape index (κ3) is 4.34. The molecular weight excluding hydrogens is 358 g/mol. The molecule has 1 N–H and O–H groups in total. The molecule has 2 aromatic carbocycles. The van der Waals surface area contributed by atoms with Gasteiger partial charge in [0, 0.05) is 43.0 Å². The van der Waals surface area contributed by atoms with Crippen molar-refractivity contribution >= 4 is 11.4 Å². The number of aromatic nitrogens is 2. The van der Waals surface area contributed by atoms with Crippen LogP contribution in [0.4, 0.5) is 11.4 Å². The highest BCUT2D eigenvalue weighted by Gasteiger charge is 2.23. The molecule has 0 aliphatic carbocycles. The maximum Gasteiger partial charge on any atom is 0.274 e. The lowest BCUT2D eigenvalue weighted by atomic mass is 10.1. The van der Waals surface area contributed by atoms with E-state index in [1.165, 1.54) is 28.3 Å². The predicted molar refractivity (Wildman–Crippen MR) is 106 cm³/mol. The summed E-state index contributed by atoms with van der Waals surface area (Å²) in [4.78, 5) is 13.6. The number of anilines is 1. The first-order valence-electron chi connectivity index (χ1n) is 9.02. The number of nitrogens with zero attached hydrogens (tertiary/aromatic N) is 4. The molecule has 1 aromatic heterocycles. The lowest BCUT2D eigenvalue weighted by Gasteiger charge is -2.19. The van der Waals surface area contributed by atoms with Crippen LogP contribution in [0.15, 0.2) is 52.9 Å². The van der Waals surface area contributed by atoms with Crippen molar-refractivity contribution in [2.45, 2.75) is 19.5 Å². The average molecular weight is 382 g/mol. The minimum Gasteiger partial charge on any atom is -0.415 e. The monoisotopic (exact) mass is 382 g/mol. The third-order valence-corrected chi connectivity index (χ3v) is 4.81. The Hall–Kier alpha value is -3.26. The first-order valence-corrected chi connectivity index (χ1v) is 9.02. The van der Waals surface area contributed by atoms with Crippen LogP contribution in [-0.2, 0) is 6.54 Å². The van der Waals surface area contributed by atoms with Crippen LogP contribution in [0.1, 0.15) is 24.4 Å². The van der Waals surface area contributed by atoms with Crippen LogP contribution < -0.4 is 9.80 Å². The summed E-state index contributed by atoms with van der Waals surface area (Å²) in [6.07, 6.45) is 0. The summed E-state index contributed by atoms with van der Waals surface area (Å²) < 4.78 is 5.82. The fourth-order valence-corrected chi connectivity index (χ4v) is 2.85. The van der Waals surface area contributed by atoms with Crippen molar-refractivity contribution in [2.24, 2.45) is 0 Å². The van der Waals surface area contributed by atoms with Gasteiger partial charge in [-0.15, -0.1) is 10.2 Å². The van der Waals surface area contributed by atoms with Gasteiger partial charge in [0.2, 0.25) is 5.89 Å². The van der Waals surface area contributed by atoms with Crippen LogP contribution in [0.5, 0.6) is 0 Å². The Morgan fingerprint density at radius 3 is 2.32 bits per heavy atom. The van der Waals surface area contributed by atoms with Crippen molar-refractivity contribution in [3.63, 3.8) is 0 Å². The standard InChI is InChI=1S/C20H23N5O3/c1-14(24(4)13-15-5-9-17(10-6-15)23(2)3)19-21-22-20(28-19)16-7-11-18(12-8-16)25(26)27/h5-12,14H,13H2,1-4H3/p+1/t14-/m0/s1. The molecule has 0 spiro atoms. The van der Waals surface area contributed by atoms with E-state index < -0.39 is 4.92 Å². The Labute approximate surface area is 163 Å². The second kappa shape index (κ2) is 8.18. The number of non-ortho nitro benzene ring substituents is 1. The maximum absolute atomic E-state index is 10.8. The zero-order valence-corrected chi connectivity index (χ0v) is 16.4. The number of benzene rings is 2. The molecule has 1 unspecified atom stereocenters. The Morgan fingerprint density at radius 1 is 1.11 bits per heavy atom. The number of nitrogens with one attached hydrogen (secondary N) is 1. The molecular formula is C20H24N5O3+. The molecule has 0 amide bonds. The summed E-state index contributed by atoms with van der Waals surface area (Å²) in [7, 11) is 6.12. The van der Waals surface area contributed by atoms with Gasteiger partial charge in [0.25, 0.3) is 11.6 Å². The summed E-state index contributed by atoms with van der Waals surface area (Å²) >= 11 is 0. The number of quaternary nitrogens is 1. The second-order valence-electron chi connectivity index (χ2n) is 7.06. The van der Waals surface area contributed by atoms with E-state index in [9.17, 15) is 10.1 Å². The molecule has 0 aliphatic heterocycles. The van der Waals surface area contributed by atoms with Crippen LogP contribution in [0.25, 0.3) is 11.5 Å². The van der Waals surface area contributed by atoms with Crippen molar-refractivity contribution in [3.8, 4) is 11.5 Å². The average Bonchev–Trinajstić information content (AvgIpc) is 3.18. The molecule has 28 heavy (non-hydrogen) atoms. The molecule has 2 atom stereocenters. The number of rotatable bonds is 7.